The van der Waals surface area contributed by atoms with Gasteiger partial charge in [-0.15, -0.1) is 11.3 Å². The van der Waals surface area contributed by atoms with Crippen LogP contribution in [-0.2, 0) is 4.79 Å². The van der Waals surface area contributed by atoms with E-state index in [0.29, 0.717) is 23.8 Å². The lowest BCUT2D eigenvalue weighted by Crippen LogP contribution is -2.49. The molecule has 7 heteroatoms. The molecule has 4 nitrogen and oxygen atoms in total. The van der Waals surface area contributed by atoms with Crippen LogP contribution in [0, 0.1) is 5.82 Å². The maximum atomic E-state index is 13.4. The Bertz CT molecular complexity index is 858. The predicted molar refractivity (Wildman–Crippen MR) is 112 cm³/mol. The van der Waals surface area contributed by atoms with E-state index in [2.05, 4.69) is 5.32 Å². The molecule has 0 aliphatic carbocycles. The van der Waals surface area contributed by atoms with Gasteiger partial charge in [0, 0.05) is 29.4 Å². The third-order valence-corrected chi connectivity index (χ3v) is 5.92. The molecule has 1 N–H and O–H groups in total. The summed E-state index contributed by atoms with van der Waals surface area (Å²) in [6.45, 7) is 7.09. The second kappa shape index (κ2) is 8.19. The van der Waals surface area contributed by atoms with Crippen LogP contribution in [0.1, 0.15) is 31.7 Å². The van der Waals surface area contributed by atoms with Crippen LogP contribution in [0.3, 0.4) is 0 Å². The Hall–Kier alpha value is -2.25. The Morgan fingerprint density at radius 3 is 2.48 bits per heavy atom. The number of nitrogens with one attached hydrogen (secondary N) is 1. The number of nitrogens with zero attached hydrogens (tertiary/aromatic N) is 2. The van der Waals surface area contributed by atoms with Gasteiger partial charge in [-0.1, -0.05) is 6.07 Å². The van der Waals surface area contributed by atoms with E-state index in [-0.39, 0.29) is 17.8 Å². The number of anilines is 1. The van der Waals surface area contributed by atoms with Crippen molar-refractivity contribution in [3.8, 4) is 0 Å². The fourth-order valence-electron chi connectivity index (χ4n) is 3.27. The van der Waals surface area contributed by atoms with Crippen LogP contribution in [0.15, 0.2) is 53.0 Å². The van der Waals surface area contributed by atoms with Crippen LogP contribution in [0.2, 0.25) is 0 Å². The molecular formula is C20H22FN3OS2. The van der Waals surface area contributed by atoms with E-state index in [1.54, 1.807) is 33.3 Å². The average Bonchev–Trinajstić information content (AvgIpc) is 3.18. The van der Waals surface area contributed by atoms with Gasteiger partial charge in [0.2, 0.25) is 0 Å². The molecule has 2 aromatic rings. The van der Waals surface area contributed by atoms with Crippen molar-refractivity contribution < 1.29 is 9.18 Å². The van der Waals surface area contributed by atoms with Gasteiger partial charge in [-0.25, -0.2) is 4.39 Å². The molecule has 0 bridgehead atoms. The zero-order valence-electron chi connectivity index (χ0n) is 15.5. The SMILES string of the molecule is CCN(CC)C(=O)C1=C(C)N(c2ccc(F)cc2)C(=S)N[C@H]1c1cccs1. The lowest BCUT2D eigenvalue weighted by atomic mass is 9.98. The first-order valence-electron chi connectivity index (χ1n) is 8.87. The molecule has 1 amide bonds. The summed E-state index contributed by atoms with van der Waals surface area (Å²) >= 11 is 7.18. The molecule has 0 fully saturated rings. The van der Waals surface area contributed by atoms with Gasteiger partial charge in [0.1, 0.15) is 5.82 Å². The van der Waals surface area contributed by atoms with Crippen LogP contribution < -0.4 is 10.2 Å². The van der Waals surface area contributed by atoms with Gasteiger partial charge in [-0.2, -0.15) is 0 Å². The first-order valence-corrected chi connectivity index (χ1v) is 10.2. The van der Waals surface area contributed by atoms with Gasteiger partial charge >= 0.3 is 0 Å². The molecule has 0 radical (unpaired) electrons. The third-order valence-electron chi connectivity index (χ3n) is 4.68. The summed E-state index contributed by atoms with van der Waals surface area (Å²) in [5.74, 6) is -0.329. The lowest BCUT2D eigenvalue weighted by Gasteiger charge is -2.38. The Kier molecular flexibility index (Phi) is 5.92. The number of allylic oxidation sites excluding steroid dienone is 1. The minimum absolute atomic E-state index is 0.0157. The fourth-order valence-corrected chi connectivity index (χ4v) is 4.42. The van der Waals surface area contributed by atoms with Gasteiger partial charge in [0.15, 0.2) is 5.11 Å². The monoisotopic (exact) mass is 403 g/mol. The van der Waals surface area contributed by atoms with Crippen molar-refractivity contribution in [3.63, 3.8) is 0 Å². The average molecular weight is 404 g/mol. The third kappa shape index (κ3) is 3.75. The molecule has 3 rings (SSSR count). The number of hydrogen-bond acceptors (Lipinski definition) is 3. The predicted octanol–water partition coefficient (Wildman–Crippen LogP) is 4.47. The van der Waals surface area contributed by atoms with Crippen molar-refractivity contribution in [3.05, 3.63) is 63.7 Å². The van der Waals surface area contributed by atoms with E-state index in [0.717, 1.165) is 16.3 Å². The Labute approximate surface area is 168 Å². The highest BCUT2D eigenvalue weighted by Gasteiger charge is 2.36. The van der Waals surface area contributed by atoms with E-state index >= 15 is 0 Å². The van der Waals surface area contributed by atoms with Crippen molar-refractivity contribution in [2.24, 2.45) is 0 Å². The van der Waals surface area contributed by atoms with E-state index in [1.807, 2.05) is 38.3 Å². The molecule has 142 valence electrons. The van der Waals surface area contributed by atoms with Crippen molar-refractivity contribution >= 4 is 40.3 Å². The molecule has 0 saturated heterocycles. The van der Waals surface area contributed by atoms with Crippen LogP contribution in [0.25, 0.3) is 0 Å². The summed E-state index contributed by atoms with van der Waals surface area (Å²) in [6.07, 6.45) is 0. The van der Waals surface area contributed by atoms with E-state index in [1.165, 1.54) is 12.1 Å². The summed E-state index contributed by atoms with van der Waals surface area (Å²) in [4.78, 5) is 18.0. The fraction of sp³-hybridized carbons (Fsp3) is 0.300. The van der Waals surface area contributed by atoms with Gasteiger partial charge < -0.3 is 10.2 Å². The molecule has 1 aromatic carbocycles. The molecule has 0 saturated carbocycles. The molecule has 27 heavy (non-hydrogen) atoms. The maximum absolute atomic E-state index is 13.4. The summed E-state index contributed by atoms with van der Waals surface area (Å²) in [5, 5.41) is 5.80. The van der Waals surface area contributed by atoms with Crippen LogP contribution in [0.4, 0.5) is 10.1 Å². The Balaban J connectivity index is 2.13. The molecule has 0 spiro atoms. The van der Waals surface area contributed by atoms with Gasteiger partial charge in [-0.05, 0) is 68.7 Å². The van der Waals surface area contributed by atoms with Crippen molar-refractivity contribution in [2.45, 2.75) is 26.8 Å². The highest BCUT2D eigenvalue weighted by molar-refractivity contribution is 7.80. The normalized spacial score (nSPS) is 17.1. The number of amides is 1. The summed E-state index contributed by atoms with van der Waals surface area (Å²) < 4.78 is 13.4. The van der Waals surface area contributed by atoms with Crippen molar-refractivity contribution in [1.29, 1.82) is 0 Å². The van der Waals surface area contributed by atoms with E-state index in [9.17, 15) is 9.18 Å². The molecule has 1 aromatic heterocycles. The highest BCUT2D eigenvalue weighted by atomic mass is 32.1. The van der Waals surface area contributed by atoms with Crippen molar-refractivity contribution in [1.82, 2.24) is 10.2 Å². The summed E-state index contributed by atoms with van der Waals surface area (Å²) in [5.41, 5.74) is 2.15. The molecule has 0 unspecified atom stereocenters. The second-order valence-corrected chi connectivity index (χ2v) is 7.55. The largest absolute Gasteiger partial charge is 0.350 e. The summed E-state index contributed by atoms with van der Waals surface area (Å²) in [6, 6.07) is 9.79. The number of likely N-dealkylation sites (N-methyl/N-ethyl adjacent to an activating group) is 1. The Morgan fingerprint density at radius 1 is 1.26 bits per heavy atom. The van der Waals surface area contributed by atoms with Gasteiger partial charge in [-0.3, -0.25) is 9.69 Å². The molecule has 1 aliphatic heterocycles. The molecule has 2 heterocycles. The van der Waals surface area contributed by atoms with Gasteiger partial charge in [0.05, 0.1) is 11.6 Å². The first-order chi connectivity index (χ1) is 13.0. The smallest absolute Gasteiger partial charge is 0.254 e. The number of thiophene rings is 1. The second-order valence-electron chi connectivity index (χ2n) is 6.19. The van der Waals surface area contributed by atoms with Crippen LogP contribution in [-0.4, -0.2) is 29.0 Å². The topological polar surface area (TPSA) is 35.6 Å². The van der Waals surface area contributed by atoms with Crippen LogP contribution in [0.5, 0.6) is 0 Å². The number of benzene rings is 1. The number of carbonyl (C=O) groups is 1. The van der Waals surface area contributed by atoms with E-state index in [4.69, 9.17) is 12.2 Å². The number of halogens is 1. The lowest BCUT2D eigenvalue weighted by molar-refractivity contribution is -0.127. The number of hydrogen-bond donors (Lipinski definition) is 1. The highest BCUT2D eigenvalue weighted by Crippen LogP contribution is 2.36. The van der Waals surface area contributed by atoms with E-state index < -0.39 is 0 Å². The maximum Gasteiger partial charge on any atom is 0.254 e. The zero-order chi connectivity index (χ0) is 19.6. The molecule has 1 atom stereocenters. The minimum Gasteiger partial charge on any atom is -0.350 e. The number of rotatable bonds is 5. The number of thiocarbonyl (C=S) groups is 1. The van der Waals surface area contributed by atoms with Gasteiger partial charge in [0.25, 0.3) is 5.91 Å². The minimum atomic E-state index is -0.313. The Morgan fingerprint density at radius 2 is 1.93 bits per heavy atom. The number of carbonyl (C=O) groups excluding carboxylic acids is 1. The molecule has 1 aliphatic rings. The first kappa shape index (κ1) is 19.5. The van der Waals surface area contributed by atoms with Crippen LogP contribution >= 0.6 is 23.6 Å². The quantitative estimate of drug-likeness (QED) is 0.748. The van der Waals surface area contributed by atoms with Crippen molar-refractivity contribution in [2.75, 3.05) is 18.0 Å². The standard InChI is InChI=1S/C20H22FN3OS2/c1-4-23(5-2)19(25)17-13(3)24(15-10-8-14(21)9-11-15)20(26)22-18(17)16-7-6-12-27-16/h6-12,18H,4-5H2,1-3H3,(H,22,26)/t18-/m0/s1. The molecular weight excluding hydrogens is 381 g/mol. The zero-order valence-corrected chi connectivity index (χ0v) is 17.2. The summed E-state index contributed by atoms with van der Waals surface area (Å²) in [7, 11) is 0.